The van der Waals surface area contributed by atoms with Gasteiger partial charge in [0.15, 0.2) is 5.75 Å². The van der Waals surface area contributed by atoms with Gasteiger partial charge >= 0.3 is 5.97 Å². The molecule has 0 radical (unpaired) electrons. The number of esters is 1. The molecule has 24 heavy (non-hydrogen) atoms. The fourth-order valence-electron chi connectivity index (χ4n) is 2.08. The van der Waals surface area contributed by atoms with Crippen LogP contribution in [-0.2, 0) is 16.0 Å². The van der Waals surface area contributed by atoms with E-state index in [0.717, 1.165) is 20.3 Å². The van der Waals surface area contributed by atoms with Crippen molar-refractivity contribution >= 4 is 37.8 Å². The van der Waals surface area contributed by atoms with E-state index in [1.807, 2.05) is 36.4 Å². The van der Waals surface area contributed by atoms with Gasteiger partial charge in [-0.2, -0.15) is 0 Å². The molecule has 2 N–H and O–H groups in total. The summed E-state index contributed by atoms with van der Waals surface area (Å²) >= 11 is 6.98. The van der Waals surface area contributed by atoms with Crippen molar-refractivity contribution in [1.82, 2.24) is 0 Å². The second-order valence-electron chi connectivity index (χ2n) is 5.00. The molecule has 0 saturated heterocycles. The molecule has 0 aliphatic rings. The summed E-state index contributed by atoms with van der Waals surface area (Å²) in [5.74, 6) is 1.63. The molecular formula is C17H17Br2NO4. The van der Waals surface area contributed by atoms with Gasteiger partial charge in [-0.05, 0) is 80.2 Å². The third kappa shape index (κ3) is 4.72. The van der Waals surface area contributed by atoms with E-state index in [0.29, 0.717) is 17.9 Å². The van der Waals surface area contributed by atoms with Gasteiger partial charge in [-0.15, -0.1) is 0 Å². The molecule has 0 fully saturated rings. The minimum atomic E-state index is -0.706. The van der Waals surface area contributed by atoms with Gasteiger partial charge in [0.05, 0.1) is 23.2 Å². The molecule has 2 aromatic rings. The minimum Gasteiger partial charge on any atom is -0.497 e. The summed E-state index contributed by atoms with van der Waals surface area (Å²) in [5.41, 5.74) is 6.68. The van der Waals surface area contributed by atoms with Crippen LogP contribution in [0, 0.1) is 0 Å². The summed E-state index contributed by atoms with van der Waals surface area (Å²) in [6, 6.07) is 10.3. The van der Waals surface area contributed by atoms with E-state index in [-0.39, 0.29) is 0 Å². The first-order valence-electron chi connectivity index (χ1n) is 7.07. The molecule has 2 rings (SSSR count). The van der Waals surface area contributed by atoms with Crippen molar-refractivity contribution in [3.8, 4) is 17.2 Å². The molecule has 1 atom stereocenters. The number of carbonyl (C=O) groups excluding carboxylic acids is 1. The van der Waals surface area contributed by atoms with E-state index in [4.69, 9.17) is 15.2 Å². The van der Waals surface area contributed by atoms with Gasteiger partial charge in [0, 0.05) is 0 Å². The molecule has 0 heterocycles. The highest BCUT2D eigenvalue weighted by Gasteiger charge is 2.17. The highest BCUT2D eigenvalue weighted by molar-refractivity contribution is 9.11. The highest BCUT2D eigenvalue weighted by Crippen LogP contribution is 2.38. The number of halogens is 2. The van der Waals surface area contributed by atoms with Crippen LogP contribution >= 0.6 is 31.9 Å². The van der Waals surface area contributed by atoms with Crippen molar-refractivity contribution in [2.45, 2.75) is 12.5 Å². The predicted octanol–water partition coefficient (Wildman–Crippen LogP) is 4.06. The maximum absolute atomic E-state index is 11.4. The van der Waals surface area contributed by atoms with Crippen LogP contribution in [0.1, 0.15) is 5.56 Å². The molecule has 0 aliphatic carbocycles. The minimum absolute atomic E-state index is 0.368. The Kier molecular flexibility index (Phi) is 6.65. The molecule has 0 saturated carbocycles. The summed E-state index contributed by atoms with van der Waals surface area (Å²) < 4.78 is 17.2. The molecule has 0 spiro atoms. The molecule has 0 amide bonds. The molecule has 0 unspecified atom stereocenters. The second kappa shape index (κ2) is 8.50. The van der Waals surface area contributed by atoms with Gasteiger partial charge < -0.3 is 19.9 Å². The molecule has 0 aliphatic heterocycles. The first-order chi connectivity index (χ1) is 11.4. The number of carbonyl (C=O) groups is 1. The lowest BCUT2D eigenvalue weighted by molar-refractivity contribution is -0.142. The Labute approximate surface area is 157 Å². The van der Waals surface area contributed by atoms with Crippen molar-refractivity contribution in [3.05, 3.63) is 50.9 Å². The zero-order valence-corrected chi connectivity index (χ0v) is 16.4. The topological polar surface area (TPSA) is 70.8 Å². The zero-order valence-electron chi connectivity index (χ0n) is 13.2. The lowest BCUT2D eigenvalue weighted by Crippen LogP contribution is -2.33. The molecule has 5 nitrogen and oxygen atoms in total. The van der Waals surface area contributed by atoms with E-state index in [1.165, 1.54) is 7.11 Å². The van der Waals surface area contributed by atoms with E-state index >= 15 is 0 Å². The van der Waals surface area contributed by atoms with Crippen molar-refractivity contribution in [3.63, 3.8) is 0 Å². The van der Waals surface area contributed by atoms with Crippen LogP contribution in [0.25, 0.3) is 0 Å². The number of benzene rings is 2. The summed E-state index contributed by atoms with van der Waals surface area (Å²) in [6.07, 6.45) is 0.368. The first-order valence-corrected chi connectivity index (χ1v) is 8.66. The maximum Gasteiger partial charge on any atom is 0.322 e. The van der Waals surface area contributed by atoms with Gasteiger partial charge in [0.2, 0.25) is 0 Å². The fraction of sp³-hybridized carbons (Fsp3) is 0.235. The smallest absolute Gasteiger partial charge is 0.322 e. The van der Waals surface area contributed by atoms with E-state index < -0.39 is 12.0 Å². The second-order valence-corrected chi connectivity index (χ2v) is 6.71. The number of ether oxygens (including phenoxy) is 3. The van der Waals surface area contributed by atoms with E-state index in [2.05, 4.69) is 36.6 Å². The molecule has 128 valence electrons. The van der Waals surface area contributed by atoms with Crippen LogP contribution in [0.3, 0.4) is 0 Å². The Balaban J connectivity index is 2.18. The lowest BCUT2D eigenvalue weighted by Gasteiger charge is -2.14. The van der Waals surface area contributed by atoms with Crippen molar-refractivity contribution in [1.29, 1.82) is 0 Å². The average molecular weight is 459 g/mol. The summed E-state index contributed by atoms with van der Waals surface area (Å²) in [5, 5.41) is 0. The van der Waals surface area contributed by atoms with Crippen molar-refractivity contribution in [2.75, 3.05) is 14.2 Å². The molecule has 0 bridgehead atoms. The van der Waals surface area contributed by atoms with Gasteiger partial charge in [0.25, 0.3) is 0 Å². The standard InChI is InChI=1S/C17H17Br2NO4/c1-22-11-3-5-12(6-4-11)24-16-13(18)7-10(8-14(16)19)9-15(20)17(21)23-2/h3-8,15H,9,20H2,1-2H3/t15-/m0/s1. The SMILES string of the molecule is COC(=O)[C@@H](N)Cc1cc(Br)c(Oc2ccc(OC)cc2)c(Br)c1. The number of methoxy groups -OCH3 is 2. The van der Waals surface area contributed by atoms with Crippen LogP contribution in [0.4, 0.5) is 0 Å². The van der Waals surface area contributed by atoms with Crippen molar-refractivity contribution < 1.29 is 19.0 Å². The largest absolute Gasteiger partial charge is 0.497 e. The van der Waals surface area contributed by atoms with Gasteiger partial charge in [-0.3, -0.25) is 4.79 Å². The number of hydrogen-bond donors (Lipinski definition) is 1. The van der Waals surface area contributed by atoms with Gasteiger partial charge in [-0.1, -0.05) is 0 Å². The Morgan fingerprint density at radius 3 is 2.12 bits per heavy atom. The van der Waals surface area contributed by atoms with Crippen LogP contribution in [0.5, 0.6) is 17.2 Å². The number of rotatable bonds is 6. The Morgan fingerprint density at radius 1 is 1.08 bits per heavy atom. The summed E-state index contributed by atoms with van der Waals surface area (Å²) in [6.45, 7) is 0. The molecule has 2 aromatic carbocycles. The summed E-state index contributed by atoms with van der Waals surface area (Å²) in [7, 11) is 2.93. The third-order valence-electron chi connectivity index (χ3n) is 3.30. The first kappa shape index (κ1) is 18.8. The molecular weight excluding hydrogens is 442 g/mol. The Bertz CT molecular complexity index is 696. The normalized spacial score (nSPS) is 11.7. The highest BCUT2D eigenvalue weighted by atomic mass is 79.9. The number of hydrogen-bond acceptors (Lipinski definition) is 5. The zero-order chi connectivity index (χ0) is 17.7. The van der Waals surface area contributed by atoms with Gasteiger partial charge in [0.1, 0.15) is 17.5 Å². The van der Waals surface area contributed by atoms with Crippen LogP contribution in [0.15, 0.2) is 45.3 Å². The lowest BCUT2D eigenvalue weighted by atomic mass is 10.1. The maximum atomic E-state index is 11.4. The van der Waals surface area contributed by atoms with Crippen LogP contribution in [0.2, 0.25) is 0 Å². The average Bonchev–Trinajstić information content (AvgIpc) is 2.57. The fourth-order valence-corrected chi connectivity index (χ4v) is 3.52. The van der Waals surface area contributed by atoms with Crippen molar-refractivity contribution in [2.24, 2.45) is 5.73 Å². The third-order valence-corrected chi connectivity index (χ3v) is 4.48. The Morgan fingerprint density at radius 2 is 1.62 bits per heavy atom. The number of nitrogens with two attached hydrogens (primary N) is 1. The molecule has 0 aromatic heterocycles. The quantitative estimate of drug-likeness (QED) is 0.661. The van der Waals surface area contributed by atoms with Crippen LogP contribution in [-0.4, -0.2) is 26.2 Å². The predicted molar refractivity (Wildman–Crippen MR) is 98.6 cm³/mol. The molecule has 7 heteroatoms. The van der Waals surface area contributed by atoms with Crippen LogP contribution < -0.4 is 15.2 Å². The van der Waals surface area contributed by atoms with Gasteiger partial charge in [-0.25, -0.2) is 0 Å². The Hall–Kier alpha value is -1.57. The van der Waals surface area contributed by atoms with E-state index in [9.17, 15) is 4.79 Å². The monoisotopic (exact) mass is 457 g/mol. The summed E-state index contributed by atoms with van der Waals surface area (Å²) in [4.78, 5) is 11.4. The van der Waals surface area contributed by atoms with E-state index in [1.54, 1.807) is 7.11 Å².